The minimum absolute atomic E-state index is 0.201. The lowest BCUT2D eigenvalue weighted by molar-refractivity contribution is -0.143. The van der Waals surface area contributed by atoms with Gasteiger partial charge in [0.15, 0.2) is 5.69 Å². The van der Waals surface area contributed by atoms with Gasteiger partial charge in [0, 0.05) is 24.9 Å². The van der Waals surface area contributed by atoms with Crippen LogP contribution in [0, 0.1) is 5.92 Å². The molecule has 140 valence electrons. The third kappa shape index (κ3) is 4.91. The summed E-state index contributed by atoms with van der Waals surface area (Å²) in [5.41, 5.74) is 0.0187. The van der Waals surface area contributed by atoms with Crippen LogP contribution in [-0.4, -0.2) is 34.8 Å². The van der Waals surface area contributed by atoms with E-state index in [1.165, 1.54) is 4.68 Å². The minimum Gasteiger partial charge on any atom is -0.466 e. The van der Waals surface area contributed by atoms with Crippen molar-refractivity contribution in [2.45, 2.75) is 40.2 Å². The maximum absolute atomic E-state index is 12.6. The van der Waals surface area contributed by atoms with Crippen molar-refractivity contribution in [2.75, 3.05) is 13.2 Å². The van der Waals surface area contributed by atoms with Crippen LogP contribution in [0.2, 0.25) is 0 Å². The Balaban J connectivity index is 2.19. The molecule has 0 fully saturated rings. The fourth-order valence-corrected chi connectivity index (χ4v) is 2.62. The second kappa shape index (κ2) is 9.12. The van der Waals surface area contributed by atoms with Crippen molar-refractivity contribution in [3.05, 3.63) is 40.3 Å². The van der Waals surface area contributed by atoms with Crippen LogP contribution in [0.15, 0.2) is 29.1 Å². The first kappa shape index (κ1) is 19.6. The number of rotatable bonds is 8. The Morgan fingerprint density at radius 1 is 1.23 bits per heavy atom. The number of carbonyl (C=O) groups excluding carboxylic acids is 2. The largest absolute Gasteiger partial charge is 0.466 e. The first-order chi connectivity index (χ1) is 12.4. The zero-order valence-electron chi connectivity index (χ0n) is 15.4. The predicted octanol–water partition coefficient (Wildman–Crippen LogP) is 2.13. The number of esters is 1. The van der Waals surface area contributed by atoms with Crippen molar-refractivity contribution in [1.82, 2.24) is 15.1 Å². The maximum Gasteiger partial charge on any atom is 0.305 e. The molecular formula is C19H25N3O4. The molecular weight excluding hydrogens is 334 g/mol. The molecule has 0 aliphatic carbocycles. The average molecular weight is 359 g/mol. The average Bonchev–Trinajstić information content (AvgIpc) is 2.61. The molecule has 7 nitrogen and oxygen atoms in total. The number of hydrogen-bond donors (Lipinski definition) is 1. The number of benzene rings is 1. The smallest absolute Gasteiger partial charge is 0.305 e. The van der Waals surface area contributed by atoms with Gasteiger partial charge in [-0.05, 0) is 25.3 Å². The van der Waals surface area contributed by atoms with E-state index in [1.807, 2.05) is 13.8 Å². The van der Waals surface area contributed by atoms with Gasteiger partial charge in [-0.15, -0.1) is 0 Å². The lowest BCUT2D eigenvalue weighted by Gasteiger charge is -2.12. The fourth-order valence-electron chi connectivity index (χ4n) is 2.62. The second-order valence-corrected chi connectivity index (χ2v) is 6.44. The van der Waals surface area contributed by atoms with Gasteiger partial charge in [-0.2, -0.15) is 5.10 Å². The van der Waals surface area contributed by atoms with Crippen LogP contribution in [0.1, 0.15) is 44.1 Å². The molecule has 1 N–H and O–H groups in total. The quantitative estimate of drug-likeness (QED) is 0.576. The van der Waals surface area contributed by atoms with E-state index >= 15 is 0 Å². The zero-order valence-corrected chi connectivity index (χ0v) is 15.4. The van der Waals surface area contributed by atoms with Gasteiger partial charge >= 0.3 is 5.97 Å². The summed E-state index contributed by atoms with van der Waals surface area (Å²) in [5.74, 6) is -0.416. The topological polar surface area (TPSA) is 90.3 Å². The molecule has 0 radical (unpaired) electrons. The van der Waals surface area contributed by atoms with Crippen molar-refractivity contribution in [3.63, 3.8) is 0 Å². The molecule has 0 spiro atoms. The number of nitrogens with one attached hydrogen (secondary N) is 1. The second-order valence-electron chi connectivity index (χ2n) is 6.44. The summed E-state index contributed by atoms with van der Waals surface area (Å²) in [7, 11) is 0. The van der Waals surface area contributed by atoms with Crippen molar-refractivity contribution >= 4 is 22.6 Å². The van der Waals surface area contributed by atoms with Crippen molar-refractivity contribution < 1.29 is 14.3 Å². The van der Waals surface area contributed by atoms with Crippen molar-refractivity contribution in [2.24, 2.45) is 5.92 Å². The van der Waals surface area contributed by atoms with E-state index < -0.39 is 0 Å². The first-order valence-electron chi connectivity index (χ1n) is 8.87. The van der Waals surface area contributed by atoms with Crippen LogP contribution in [0.4, 0.5) is 0 Å². The normalized spacial score (nSPS) is 10.9. The van der Waals surface area contributed by atoms with Gasteiger partial charge in [0.2, 0.25) is 0 Å². The van der Waals surface area contributed by atoms with Crippen molar-refractivity contribution in [3.8, 4) is 0 Å². The predicted molar refractivity (Wildman–Crippen MR) is 99.0 cm³/mol. The van der Waals surface area contributed by atoms with E-state index in [-0.39, 0.29) is 35.5 Å². The summed E-state index contributed by atoms with van der Waals surface area (Å²) in [6.45, 7) is 6.84. The van der Waals surface area contributed by atoms with E-state index in [0.717, 1.165) is 0 Å². The van der Waals surface area contributed by atoms with Crippen molar-refractivity contribution in [1.29, 1.82) is 0 Å². The van der Waals surface area contributed by atoms with Crippen LogP contribution in [0.5, 0.6) is 0 Å². The Kier molecular flexibility index (Phi) is 6.89. The third-order valence-electron chi connectivity index (χ3n) is 3.77. The highest BCUT2D eigenvalue weighted by atomic mass is 16.5. The molecule has 1 aromatic heterocycles. The number of amides is 1. The van der Waals surface area contributed by atoms with Crippen LogP contribution in [0.25, 0.3) is 10.8 Å². The van der Waals surface area contributed by atoms with E-state index in [0.29, 0.717) is 36.9 Å². The highest BCUT2D eigenvalue weighted by Gasteiger charge is 2.17. The van der Waals surface area contributed by atoms with Gasteiger partial charge in [0.1, 0.15) is 0 Å². The van der Waals surface area contributed by atoms with Crippen LogP contribution in [0.3, 0.4) is 0 Å². The number of hydrogen-bond acceptors (Lipinski definition) is 5. The molecule has 26 heavy (non-hydrogen) atoms. The lowest BCUT2D eigenvalue weighted by Crippen LogP contribution is -2.32. The fraction of sp³-hybridized carbons (Fsp3) is 0.474. The molecule has 0 aliphatic rings. The maximum atomic E-state index is 12.6. The standard InChI is InChI=1S/C19H25N3O4/c1-4-26-16(23)10-7-11-20-18(24)17-14-8-5-6-9-15(14)19(25)22(21-17)12-13(2)3/h5-6,8-9,13H,4,7,10-12H2,1-3H3,(H,20,24). The van der Waals surface area contributed by atoms with Crippen LogP contribution >= 0.6 is 0 Å². The molecule has 1 amide bonds. The zero-order chi connectivity index (χ0) is 19.1. The Morgan fingerprint density at radius 2 is 1.92 bits per heavy atom. The molecule has 0 unspecified atom stereocenters. The SMILES string of the molecule is CCOC(=O)CCCNC(=O)c1nn(CC(C)C)c(=O)c2ccccc12. The summed E-state index contributed by atoms with van der Waals surface area (Å²) in [6, 6.07) is 6.96. The molecule has 0 aliphatic heterocycles. The molecule has 1 aromatic carbocycles. The van der Waals surface area contributed by atoms with Gasteiger partial charge < -0.3 is 10.1 Å². The molecule has 2 aromatic rings. The number of carbonyl (C=O) groups is 2. The van der Waals surface area contributed by atoms with Gasteiger partial charge in [-0.3, -0.25) is 14.4 Å². The molecule has 0 atom stereocenters. The number of aromatic nitrogens is 2. The molecule has 7 heteroatoms. The molecule has 0 bridgehead atoms. The number of nitrogens with zero attached hydrogens (tertiary/aromatic N) is 2. The number of fused-ring (bicyclic) bond motifs is 1. The summed E-state index contributed by atoms with van der Waals surface area (Å²) < 4.78 is 6.20. The third-order valence-corrected chi connectivity index (χ3v) is 3.77. The van der Waals surface area contributed by atoms with Crippen LogP contribution in [-0.2, 0) is 16.1 Å². The highest BCUT2D eigenvalue weighted by Crippen LogP contribution is 2.13. The van der Waals surface area contributed by atoms with Gasteiger partial charge in [-0.25, -0.2) is 4.68 Å². The van der Waals surface area contributed by atoms with E-state index in [9.17, 15) is 14.4 Å². The molecule has 0 saturated carbocycles. The number of ether oxygens (including phenoxy) is 1. The van der Waals surface area contributed by atoms with Gasteiger partial charge in [0.25, 0.3) is 11.5 Å². The Morgan fingerprint density at radius 3 is 2.58 bits per heavy atom. The summed E-state index contributed by atoms with van der Waals surface area (Å²) in [6.07, 6.45) is 0.725. The molecule has 1 heterocycles. The minimum atomic E-state index is -0.359. The Labute approximate surface area is 152 Å². The van der Waals surface area contributed by atoms with Crippen LogP contribution < -0.4 is 10.9 Å². The Hall–Kier alpha value is -2.70. The van der Waals surface area contributed by atoms with Gasteiger partial charge in [-0.1, -0.05) is 32.0 Å². The summed E-state index contributed by atoms with van der Waals surface area (Å²) >= 11 is 0. The molecule has 2 rings (SSSR count). The van der Waals surface area contributed by atoms with E-state index in [2.05, 4.69) is 10.4 Å². The van der Waals surface area contributed by atoms with E-state index in [1.54, 1.807) is 31.2 Å². The van der Waals surface area contributed by atoms with E-state index in [4.69, 9.17) is 4.74 Å². The summed E-state index contributed by atoms with van der Waals surface area (Å²) in [4.78, 5) is 36.5. The first-order valence-corrected chi connectivity index (χ1v) is 8.87. The monoisotopic (exact) mass is 359 g/mol. The lowest BCUT2D eigenvalue weighted by atomic mass is 10.1. The highest BCUT2D eigenvalue weighted by molar-refractivity contribution is 6.04. The Bertz CT molecular complexity index is 842. The summed E-state index contributed by atoms with van der Waals surface area (Å²) in [5, 5.41) is 8.05. The van der Waals surface area contributed by atoms with Gasteiger partial charge in [0.05, 0.1) is 12.0 Å². The molecule has 0 saturated heterocycles.